The van der Waals surface area contributed by atoms with Gasteiger partial charge in [-0.05, 0) is 13.8 Å². The summed E-state index contributed by atoms with van der Waals surface area (Å²) in [5, 5.41) is 9.88. The molecular formula is C11H22O5. The molecule has 16 heavy (non-hydrogen) atoms. The molecule has 0 saturated carbocycles. The molecule has 0 amide bonds. The van der Waals surface area contributed by atoms with Crippen molar-refractivity contribution in [1.82, 2.24) is 0 Å². The monoisotopic (exact) mass is 234 g/mol. The highest BCUT2D eigenvalue weighted by Gasteiger charge is 2.38. The average molecular weight is 234 g/mol. The molecule has 0 aromatic rings. The van der Waals surface area contributed by atoms with Crippen molar-refractivity contribution >= 4 is 0 Å². The van der Waals surface area contributed by atoms with E-state index in [0.29, 0.717) is 26.2 Å². The van der Waals surface area contributed by atoms with E-state index in [9.17, 15) is 5.11 Å². The van der Waals surface area contributed by atoms with Gasteiger partial charge in [0.05, 0.1) is 25.9 Å². The molecule has 2 fully saturated rings. The number of aliphatic hydroxyl groups excluding tert-OH is 1. The fraction of sp³-hybridized carbons (Fsp3) is 1.00. The summed E-state index contributed by atoms with van der Waals surface area (Å²) in [7, 11) is 0. The fourth-order valence-corrected chi connectivity index (χ4v) is 1.80. The molecule has 2 rings (SSSR count). The Bertz CT molecular complexity index is 212. The van der Waals surface area contributed by atoms with Crippen molar-refractivity contribution < 1.29 is 24.1 Å². The van der Waals surface area contributed by atoms with Crippen molar-refractivity contribution in [3.63, 3.8) is 0 Å². The molecule has 0 aromatic carbocycles. The van der Waals surface area contributed by atoms with Gasteiger partial charge in [0.2, 0.25) is 0 Å². The molecule has 0 bridgehead atoms. The molecule has 2 saturated heterocycles. The van der Waals surface area contributed by atoms with E-state index in [2.05, 4.69) is 0 Å². The quantitative estimate of drug-likeness (QED) is 0.786. The van der Waals surface area contributed by atoms with Crippen LogP contribution in [0.3, 0.4) is 0 Å². The van der Waals surface area contributed by atoms with Gasteiger partial charge in [-0.15, -0.1) is 0 Å². The van der Waals surface area contributed by atoms with Gasteiger partial charge < -0.3 is 24.1 Å². The van der Waals surface area contributed by atoms with Gasteiger partial charge in [0.1, 0.15) is 6.10 Å². The zero-order valence-corrected chi connectivity index (χ0v) is 9.14. The van der Waals surface area contributed by atoms with Crippen molar-refractivity contribution in [1.29, 1.82) is 0 Å². The van der Waals surface area contributed by atoms with Crippen LogP contribution in [-0.4, -0.2) is 49.2 Å². The molecule has 0 unspecified atom stereocenters. The number of hydrogen-bond donors (Lipinski definition) is 1. The lowest BCUT2D eigenvalue weighted by molar-refractivity contribution is -0.159. The van der Waals surface area contributed by atoms with Gasteiger partial charge in [-0.2, -0.15) is 0 Å². The van der Waals surface area contributed by atoms with Crippen LogP contribution in [0.5, 0.6) is 0 Å². The van der Waals surface area contributed by atoms with Gasteiger partial charge in [0, 0.05) is 6.42 Å². The summed E-state index contributed by atoms with van der Waals surface area (Å²) in [4.78, 5) is 0. The topological polar surface area (TPSA) is 57.2 Å². The highest BCUT2D eigenvalue weighted by atomic mass is 16.7. The van der Waals surface area contributed by atoms with Crippen LogP contribution in [0.25, 0.3) is 0 Å². The first-order valence-corrected chi connectivity index (χ1v) is 5.30. The van der Waals surface area contributed by atoms with E-state index in [0.717, 1.165) is 0 Å². The van der Waals surface area contributed by atoms with E-state index in [1.54, 1.807) is 0 Å². The van der Waals surface area contributed by atoms with E-state index in [4.69, 9.17) is 18.9 Å². The summed E-state index contributed by atoms with van der Waals surface area (Å²) in [5.41, 5.74) is 0. The molecular weight excluding hydrogens is 212 g/mol. The van der Waals surface area contributed by atoms with E-state index in [-0.39, 0.29) is 19.8 Å². The molecule has 2 heterocycles. The number of hydrogen-bond acceptors (Lipinski definition) is 5. The van der Waals surface area contributed by atoms with Gasteiger partial charge >= 0.3 is 0 Å². The Kier molecular flexibility index (Phi) is 4.70. The van der Waals surface area contributed by atoms with Crippen LogP contribution in [0.2, 0.25) is 0 Å². The minimum Gasteiger partial charge on any atom is -0.390 e. The highest BCUT2D eigenvalue weighted by Crippen LogP contribution is 2.26. The van der Waals surface area contributed by atoms with Crippen LogP contribution >= 0.6 is 0 Å². The summed E-state index contributed by atoms with van der Waals surface area (Å²) in [6.45, 7) is 5.29. The van der Waals surface area contributed by atoms with Crippen molar-refractivity contribution in [2.45, 2.75) is 52.0 Å². The van der Waals surface area contributed by atoms with Gasteiger partial charge in [-0.3, -0.25) is 0 Å². The molecule has 0 spiro atoms. The summed E-state index contributed by atoms with van der Waals surface area (Å²) in [6, 6.07) is 0. The molecule has 0 aromatic heterocycles. The first-order valence-electron chi connectivity index (χ1n) is 5.30. The van der Waals surface area contributed by atoms with E-state index >= 15 is 0 Å². The molecule has 96 valence electrons. The number of aliphatic hydroxyl groups is 1. The summed E-state index contributed by atoms with van der Waals surface area (Å²) in [6.07, 6.45) is -0.751. The molecule has 2 aliphatic heterocycles. The first-order chi connectivity index (χ1) is 7.07. The van der Waals surface area contributed by atoms with Gasteiger partial charge in [0.25, 0.3) is 0 Å². The standard InChI is InChI=1S/C10H18O5.CH4/c1-10(2)14-6-8(15-10)7(11)5-9-12-3-4-13-9;/h7-9,11H,3-6H2,1-2H3;1H4/t7-,8+;/m1./s1. The molecule has 1 N–H and O–H groups in total. The normalized spacial score (nSPS) is 31.3. The SMILES string of the molecule is C.CC1(C)OC[C@@H]([C@H](O)CC2OCCO2)O1. The van der Waals surface area contributed by atoms with Crippen molar-refractivity contribution in [2.75, 3.05) is 19.8 Å². The summed E-state index contributed by atoms with van der Waals surface area (Å²) >= 11 is 0. The number of rotatable bonds is 3. The summed E-state index contributed by atoms with van der Waals surface area (Å²) < 4.78 is 21.4. The van der Waals surface area contributed by atoms with Gasteiger partial charge in [0.15, 0.2) is 12.1 Å². The summed E-state index contributed by atoms with van der Waals surface area (Å²) in [5.74, 6) is -0.594. The van der Waals surface area contributed by atoms with Crippen molar-refractivity contribution in [2.24, 2.45) is 0 Å². The molecule has 5 nitrogen and oxygen atoms in total. The highest BCUT2D eigenvalue weighted by molar-refractivity contribution is 4.78. The lowest BCUT2D eigenvalue weighted by Crippen LogP contribution is -2.33. The third-order valence-corrected chi connectivity index (χ3v) is 2.58. The van der Waals surface area contributed by atoms with Crippen molar-refractivity contribution in [3.8, 4) is 0 Å². The average Bonchev–Trinajstić information content (AvgIpc) is 2.74. The van der Waals surface area contributed by atoms with E-state index in [1.807, 2.05) is 13.8 Å². The Hall–Kier alpha value is -0.200. The fourth-order valence-electron chi connectivity index (χ4n) is 1.80. The van der Waals surface area contributed by atoms with E-state index < -0.39 is 11.9 Å². The molecule has 0 aliphatic carbocycles. The third kappa shape index (κ3) is 3.40. The van der Waals surface area contributed by atoms with E-state index in [1.165, 1.54) is 0 Å². The van der Waals surface area contributed by atoms with Crippen LogP contribution in [0.15, 0.2) is 0 Å². The third-order valence-electron chi connectivity index (χ3n) is 2.58. The lowest BCUT2D eigenvalue weighted by atomic mass is 10.1. The Morgan fingerprint density at radius 3 is 2.44 bits per heavy atom. The van der Waals surface area contributed by atoms with Crippen LogP contribution in [0, 0.1) is 0 Å². The van der Waals surface area contributed by atoms with Crippen LogP contribution in [0.1, 0.15) is 27.7 Å². The van der Waals surface area contributed by atoms with Crippen LogP contribution in [-0.2, 0) is 18.9 Å². The minimum absolute atomic E-state index is 0. The minimum atomic E-state index is -0.602. The Morgan fingerprint density at radius 2 is 1.94 bits per heavy atom. The molecule has 2 atom stereocenters. The largest absolute Gasteiger partial charge is 0.390 e. The first kappa shape index (κ1) is 13.9. The zero-order valence-electron chi connectivity index (χ0n) is 9.14. The maximum atomic E-state index is 9.88. The van der Waals surface area contributed by atoms with Crippen LogP contribution < -0.4 is 0 Å². The second kappa shape index (κ2) is 5.42. The Balaban J connectivity index is 0.00000128. The predicted molar refractivity (Wildman–Crippen MR) is 58.0 cm³/mol. The molecule has 5 heteroatoms. The van der Waals surface area contributed by atoms with Gasteiger partial charge in [-0.25, -0.2) is 0 Å². The number of ether oxygens (including phenoxy) is 4. The predicted octanol–water partition coefficient (Wildman–Crippen LogP) is 0.898. The second-order valence-electron chi connectivity index (χ2n) is 4.34. The maximum absolute atomic E-state index is 9.88. The lowest BCUT2D eigenvalue weighted by Gasteiger charge is -2.21. The Labute approximate surface area is 96.6 Å². The van der Waals surface area contributed by atoms with Crippen molar-refractivity contribution in [3.05, 3.63) is 0 Å². The van der Waals surface area contributed by atoms with Crippen LogP contribution in [0.4, 0.5) is 0 Å². The Morgan fingerprint density at radius 1 is 1.31 bits per heavy atom. The molecule has 0 radical (unpaired) electrons. The maximum Gasteiger partial charge on any atom is 0.163 e. The molecule has 2 aliphatic rings. The van der Waals surface area contributed by atoms with Gasteiger partial charge in [-0.1, -0.05) is 7.43 Å². The zero-order chi connectivity index (χ0) is 10.9. The second-order valence-corrected chi connectivity index (χ2v) is 4.34. The smallest absolute Gasteiger partial charge is 0.163 e.